The van der Waals surface area contributed by atoms with Gasteiger partial charge in [-0.15, -0.1) is 0 Å². The van der Waals surface area contributed by atoms with E-state index in [2.05, 4.69) is 9.47 Å². The molecule has 1 aromatic carbocycles. The first kappa shape index (κ1) is 14.7. The molecule has 104 valence electrons. The molecule has 0 amide bonds. The Morgan fingerprint density at radius 2 is 1.89 bits per heavy atom. The number of carbonyl (C=O) groups excluding carboxylic acids is 1. The Morgan fingerprint density at radius 1 is 1.32 bits per heavy atom. The Labute approximate surface area is 104 Å². The number of esters is 1. The Morgan fingerprint density at radius 3 is 2.26 bits per heavy atom. The minimum atomic E-state index is -5.07. The number of hydrogen-bond acceptors (Lipinski definition) is 5. The van der Waals surface area contributed by atoms with Crippen LogP contribution in [0.25, 0.3) is 0 Å². The number of halogens is 3. The summed E-state index contributed by atoms with van der Waals surface area (Å²) < 4.78 is 47.4. The summed E-state index contributed by atoms with van der Waals surface area (Å²) in [5, 5.41) is 10.7. The predicted octanol–water partition coefficient (Wildman–Crippen LogP) is 2.41. The minimum Gasteiger partial charge on any atom is -0.496 e. The monoisotopic (exact) mass is 279 g/mol. The number of carbonyl (C=O) groups is 1. The molecule has 0 unspecified atom stereocenters. The maximum absolute atomic E-state index is 12.8. The van der Waals surface area contributed by atoms with Gasteiger partial charge in [-0.1, -0.05) is 0 Å². The van der Waals surface area contributed by atoms with Crippen LogP contribution in [0.4, 0.5) is 18.9 Å². The zero-order chi connectivity index (χ0) is 14.8. The van der Waals surface area contributed by atoms with E-state index in [1.165, 1.54) is 0 Å². The minimum absolute atomic E-state index is 0.250. The standard InChI is InChI=1S/C10H8F3NO5/c1-18-5-3-6(9(15)19-2)8(10(11,12)13)7(4-5)14(16)17/h3-4H,1-2H3. The van der Waals surface area contributed by atoms with Gasteiger partial charge in [0.05, 0.1) is 30.8 Å². The summed E-state index contributed by atoms with van der Waals surface area (Å²) in [5.74, 6) is -1.59. The summed E-state index contributed by atoms with van der Waals surface area (Å²) in [4.78, 5) is 20.8. The number of methoxy groups -OCH3 is 2. The zero-order valence-electron chi connectivity index (χ0n) is 9.78. The van der Waals surface area contributed by atoms with E-state index >= 15 is 0 Å². The number of benzene rings is 1. The lowest BCUT2D eigenvalue weighted by molar-refractivity contribution is -0.388. The molecule has 0 saturated carbocycles. The highest BCUT2D eigenvalue weighted by atomic mass is 19.4. The molecule has 0 aliphatic carbocycles. The van der Waals surface area contributed by atoms with Crippen LogP contribution in [0.2, 0.25) is 0 Å². The van der Waals surface area contributed by atoms with Crippen molar-refractivity contribution >= 4 is 11.7 Å². The second-order valence-corrected chi connectivity index (χ2v) is 3.32. The fraction of sp³-hybridized carbons (Fsp3) is 0.300. The number of rotatable bonds is 3. The Bertz CT molecular complexity index is 527. The third-order valence-corrected chi connectivity index (χ3v) is 2.21. The maximum Gasteiger partial charge on any atom is 0.423 e. The molecule has 0 N–H and O–H groups in total. The van der Waals surface area contributed by atoms with Crippen molar-refractivity contribution in [3.05, 3.63) is 33.4 Å². The van der Waals surface area contributed by atoms with E-state index in [4.69, 9.17) is 0 Å². The van der Waals surface area contributed by atoms with Gasteiger partial charge < -0.3 is 9.47 Å². The van der Waals surface area contributed by atoms with E-state index in [0.29, 0.717) is 6.07 Å². The Hall–Kier alpha value is -2.32. The van der Waals surface area contributed by atoms with Crippen molar-refractivity contribution in [1.82, 2.24) is 0 Å². The number of nitro benzene ring substituents is 1. The van der Waals surface area contributed by atoms with Crippen LogP contribution in [0.5, 0.6) is 5.75 Å². The average molecular weight is 279 g/mol. The molecule has 1 aromatic rings. The van der Waals surface area contributed by atoms with Crippen LogP contribution >= 0.6 is 0 Å². The second kappa shape index (κ2) is 5.12. The van der Waals surface area contributed by atoms with E-state index in [1.54, 1.807) is 0 Å². The van der Waals surface area contributed by atoms with Gasteiger partial charge in [-0.25, -0.2) is 4.79 Å². The molecule has 0 heterocycles. The highest BCUT2D eigenvalue weighted by Crippen LogP contribution is 2.41. The molecular weight excluding hydrogens is 271 g/mol. The van der Waals surface area contributed by atoms with Crippen molar-refractivity contribution in [3.63, 3.8) is 0 Å². The zero-order valence-corrected chi connectivity index (χ0v) is 9.78. The molecule has 0 bridgehead atoms. The first-order valence-electron chi connectivity index (χ1n) is 4.74. The smallest absolute Gasteiger partial charge is 0.423 e. The summed E-state index contributed by atoms with van der Waals surface area (Å²) in [6, 6.07) is 1.33. The van der Waals surface area contributed by atoms with E-state index in [0.717, 1.165) is 20.3 Å². The highest BCUT2D eigenvalue weighted by Gasteiger charge is 2.43. The Kier molecular flexibility index (Phi) is 3.98. The summed E-state index contributed by atoms with van der Waals surface area (Å²) in [6.07, 6.45) is -5.07. The molecule has 0 radical (unpaired) electrons. The molecule has 0 atom stereocenters. The third-order valence-electron chi connectivity index (χ3n) is 2.21. The van der Waals surface area contributed by atoms with Crippen molar-refractivity contribution in [2.24, 2.45) is 0 Å². The van der Waals surface area contributed by atoms with Gasteiger partial charge in [0.25, 0.3) is 5.69 Å². The molecule has 0 spiro atoms. The van der Waals surface area contributed by atoms with Crippen molar-refractivity contribution in [2.75, 3.05) is 14.2 Å². The summed E-state index contributed by atoms with van der Waals surface area (Å²) >= 11 is 0. The highest BCUT2D eigenvalue weighted by molar-refractivity contribution is 5.93. The van der Waals surface area contributed by atoms with Gasteiger partial charge >= 0.3 is 12.1 Å². The van der Waals surface area contributed by atoms with Crippen LogP contribution in [0.3, 0.4) is 0 Å². The number of nitrogens with zero attached hydrogens (tertiary/aromatic N) is 1. The SMILES string of the molecule is COC(=O)c1cc(OC)cc([N+](=O)[O-])c1C(F)(F)F. The molecule has 6 nitrogen and oxygen atoms in total. The van der Waals surface area contributed by atoms with Gasteiger partial charge in [0.15, 0.2) is 0 Å². The third kappa shape index (κ3) is 2.92. The number of ether oxygens (including phenoxy) is 2. The summed E-state index contributed by atoms with van der Waals surface area (Å²) in [5.41, 5.74) is -3.90. The lowest BCUT2D eigenvalue weighted by Crippen LogP contribution is -2.17. The van der Waals surface area contributed by atoms with Crippen LogP contribution in [0.1, 0.15) is 15.9 Å². The molecule has 0 aromatic heterocycles. The van der Waals surface area contributed by atoms with E-state index in [1.807, 2.05) is 0 Å². The van der Waals surface area contributed by atoms with E-state index in [9.17, 15) is 28.1 Å². The van der Waals surface area contributed by atoms with Crippen molar-refractivity contribution in [3.8, 4) is 5.75 Å². The topological polar surface area (TPSA) is 78.7 Å². The lowest BCUT2D eigenvalue weighted by Gasteiger charge is -2.13. The van der Waals surface area contributed by atoms with Crippen LogP contribution in [-0.2, 0) is 10.9 Å². The first-order valence-corrected chi connectivity index (χ1v) is 4.74. The summed E-state index contributed by atoms with van der Waals surface area (Å²) in [6.45, 7) is 0. The lowest BCUT2D eigenvalue weighted by atomic mass is 10.0. The number of nitro groups is 1. The molecule has 0 aliphatic heterocycles. The molecule has 0 fully saturated rings. The predicted molar refractivity (Wildman–Crippen MR) is 56.0 cm³/mol. The first-order chi connectivity index (χ1) is 8.72. The maximum atomic E-state index is 12.8. The average Bonchev–Trinajstić information content (AvgIpc) is 2.34. The van der Waals surface area contributed by atoms with Crippen LogP contribution < -0.4 is 4.74 Å². The Balaban J connectivity index is 3.71. The van der Waals surface area contributed by atoms with Gasteiger partial charge in [-0.2, -0.15) is 13.2 Å². The van der Waals surface area contributed by atoms with Crippen LogP contribution in [-0.4, -0.2) is 25.1 Å². The normalized spacial score (nSPS) is 11.0. The van der Waals surface area contributed by atoms with E-state index < -0.39 is 33.9 Å². The quantitative estimate of drug-likeness (QED) is 0.482. The van der Waals surface area contributed by atoms with Gasteiger partial charge in [0.1, 0.15) is 11.3 Å². The second-order valence-electron chi connectivity index (χ2n) is 3.32. The van der Waals surface area contributed by atoms with Gasteiger partial charge in [0.2, 0.25) is 0 Å². The fourth-order valence-electron chi connectivity index (χ4n) is 1.43. The molecule has 0 saturated heterocycles. The van der Waals surface area contributed by atoms with Gasteiger partial charge in [0, 0.05) is 0 Å². The van der Waals surface area contributed by atoms with Crippen molar-refractivity contribution in [1.29, 1.82) is 0 Å². The van der Waals surface area contributed by atoms with E-state index in [-0.39, 0.29) is 5.75 Å². The number of alkyl halides is 3. The van der Waals surface area contributed by atoms with Crippen molar-refractivity contribution in [2.45, 2.75) is 6.18 Å². The molecule has 0 aliphatic rings. The van der Waals surface area contributed by atoms with Gasteiger partial charge in [-0.3, -0.25) is 10.1 Å². The number of hydrogen-bond donors (Lipinski definition) is 0. The molecule has 1 rings (SSSR count). The van der Waals surface area contributed by atoms with Crippen LogP contribution in [0, 0.1) is 10.1 Å². The van der Waals surface area contributed by atoms with Crippen molar-refractivity contribution < 1.29 is 32.4 Å². The molecule has 9 heteroatoms. The van der Waals surface area contributed by atoms with Crippen LogP contribution in [0.15, 0.2) is 12.1 Å². The van der Waals surface area contributed by atoms with Gasteiger partial charge in [-0.05, 0) is 6.07 Å². The largest absolute Gasteiger partial charge is 0.496 e. The summed E-state index contributed by atoms with van der Waals surface area (Å²) in [7, 11) is 1.97. The molecule has 19 heavy (non-hydrogen) atoms. The molecular formula is C10H8F3NO5. The fourth-order valence-corrected chi connectivity index (χ4v) is 1.43.